The summed E-state index contributed by atoms with van der Waals surface area (Å²) in [5.74, 6) is -0.680. The van der Waals surface area contributed by atoms with Crippen LogP contribution in [0.15, 0.2) is 95.5 Å². The summed E-state index contributed by atoms with van der Waals surface area (Å²) < 4.78 is 21.5. The number of nitrogens with one attached hydrogen (secondary N) is 1. The van der Waals surface area contributed by atoms with Crippen molar-refractivity contribution in [2.45, 2.75) is 45.3 Å². The van der Waals surface area contributed by atoms with Gasteiger partial charge in [-0.15, -0.1) is 0 Å². The summed E-state index contributed by atoms with van der Waals surface area (Å²) in [6, 6.07) is 26.4. The van der Waals surface area contributed by atoms with Gasteiger partial charge in [0.15, 0.2) is 6.61 Å². The van der Waals surface area contributed by atoms with Gasteiger partial charge in [0.1, 0.15) is 17.6 Å². The molecule has 5 nitrogen and oxygen atoms in total. The lowest BCUT2D eigenvalue weighted by Crippen LogP contribution is -2.55. The number of halogens is 2. The average molecular weight is 592 g/mol. The molecule has 4 rings (SSSR count). The third kappa shape index (κ3) is 7.45. The molecule has 0 aliphatic carbocycles. The molecule has 7 heteroatoms. The zero-order chi connectivity index (χ0) is 28.0. The maximum absolute atomic E-state index is 14.8. The minimum atomic E-state index is -0.887. The van der Waals surface area contributed by atoms with E-state index in [9.17, 15) is 14.0 Å². The molecule has 1 atom stereocenters. The predicted octanol–water partition coefficient (Wildman–Crippen LogP) is 6.68. The number of benzene rings is 4. The second-order valence-electron chi connectivity index (χ2n) is 10.4. The molecule has 202 valence electrons. The number of rotatable bonds is 9. The maximum Gasteiger partial charge on any atom is 0.261 e. The first kappa shape index (κ1) is 28.3. The molecule has 4 aromatic rings. The molecule has 0 spiro atoms. The average Bonchev–Trinajstić information content (AvgIpc) is 2.91. The van der Waals surface area contributed by atoms with Crippen molar-refractivity contribution in [1.82, 2.24) is 10.2 Å². The van der Waals surface area contributed by atoms with E-state index in [0.717, 1.165) is 20.8 Å². The van der Waals surface area contributed by atoms with Gasteiger partial charge in [-0.05, 0) is 65.2 Å². The summed E-state index contributed by atoms with van der Waals surface area (Å²) in [4.78, 5) is 28.8. The topological polar surface area (TPSA) is 58.6 Å². The molecule has 0 saturated carbocycles. The maximum atomic E-state index is 14.8. The Balaban J connectivity index is 1.66. The van der Waals surface area contributed by atoms with Crippen LogP contribution in [0.2, 0.25) is 0 Å². The number of carbonyl (C=O) groups is 2. The van der Waals surface area contributed by atoms with E-state index in [1.807, 2.05) is 81.4 Å². The third-order valence-electron chi connectivity index (χ3n) is 6.25. The van der Waals surface area contributed by atoms with E-state index in [4.69, 9.17) is 4.74 Å². The monoisotopic (exact) mass is 590 g/mol. The Labute approximate surface area is 237 Å². The second-order valence-corrected chi connectivity index (χ2v) is 11.2. The normalized spacial score (nSPS) is 12.1. The lowest BCUT2D eigenvalue weighted by atomic mass is 10.0. The molecular weight excluding hydrogens is 559 g/mol. The minimum absolute atomic E-state index is 0.0805. The number of ether oxygens (including phenoxy) is 1. The summed E-state index contributed by atoms with van der Waals surface area (Å²) in [5, 5.41) is 4.99. The Morgan fingerprint density at radius 2 is 1.59 bits per heavy atom. The Kier molecular flexibility index (Phi) is 9.02. The van der Waals surface area contributed by atoms with Crippen LogP contribution in [0.1, 0.15) is 31.9 Å². The SMILES string of the molecule is CC(C)(C)NC(=O)[C@H](Cc1ccccc1)N(Cc1ccccc1F)C(=O)COc1ccc2ccccc2c1Br. The molecule has 0 aliphatic heterocycles. The standard InChI is InChI=1S/C32H32BrFN2O3/c1-32(2,3)35-31(38)27(19-22-11-5-4-6-12-22)36(20-24-14-8-10-16-26(24)34)29(37)21-39-28-18-17-23-13-7-9-15-25(23)30(28)33/h4-18,27H,19-21H2,1-3H3,(H,35,38)/t27-/m0/s1. The first-order chi connectivity index (χ1) is 18.6. The molecule has 0 bridgehead atoms. The van der Waals surface area contributed by atoms with Gasteiger partial charge < -0.3 is 15.0 Å². The van der Waals surface area contributed by atoms with Crippen molar-refractivity contribution in [3.05, 3.63) is 112 Å². The minimum Gasteiger partial charge on any atom is -0.483 e. The van der Waals surface area contributed by atoms with E-state index in [2.05, 4.69) is 21.2 Å². The van der Waals surface area contributed by atoms with Gasteiger partial charge in [-0.25, -0.2) is 4.39 Å². The van der Waals surface area contributed by atoms with Crippen LogP contribution in [0.4, 0.5) is 4.39 Å². The lowest BCUT2D eigenvalue weighted by molar-refractivity contribution is -0.143. The molecule has 1 N–H and O–H groups in total. The number of fused-ring (bicyclic) bond motifs is 1. The Morgan fingerprint density at radius 1 is 0.923 bits per heavy atom. The largest absolute Gasteiger partial charge is 0.483 e. The zero-order valence-electron chi connectivity index (χ0n) is 22.3. The predicted molar refractivity (Wildman–Crippen MR) is 156 cm³/mol. The first-order valence-electron chi connectivity index (χ1n) is 12.8. The molecule has 0 aliphatic rings. The number of hydrogen-bond acceptors (Lipinski definition) is 3. The smallest absolute Gasteiger partial charge is 0.261 e. The fraction of sp³-hybridized carbons (Fsp3) is 0.250. The van der Waals surface area contributed by atoms with E-state index in [1.54, 1.807) is 24.3 Å². The summed E-state index contributed by atoms with van der Waals surface area (Å²) in [6.45, 7) is 5.25. The third-order valence-corrected chi connectivity index (χ3v) is 7.06. The van der Waals surface area contributed by atoms with Gasteiger partial charge >= 0.3 is 0 Å². The molecule has 39 heavy (non-hydrogen) atoms. The fourth-order valence-corrected chi connectivity index (χ4v) is 4.97. The number of nitrogens with zero attached hydrogens (tertiary/aromatic N) is 1. The molecule has 0 fully saturated rings. The number of carbonyl (C=O) groups excluding carboxylic acids is 2. The van der Waals surface area contributed by atoms with E-state index >= 15 is 0 Å². The summed E-state index contributed by atoms with van der Waals surface area (Å²) in [7, 11) is 0. The van der Waals surface area contributed by atoms with Crippen LogP contribution >= 0.6 is 15.9 Å². The highest BCUT2D eigenvalue weighted by atomic mass is 79.9. The Hall–Kier alpha value is -3.71. The molecule has 2 amide bonds. The van der Waals surface area contributed by atoms with Gasteiger partial charge in [-0.1, -0.05) is 78.9 Å². The second kappa shape index (κ2) is 12.4. The molecule has 0 saturated heterocycles. The van der Waals surface area contributed by atoms with Crippen molar-refractivity contribution in [2.24, 2.45) is 0 Å². The van der Waals surface area contributed by atoms with Crippen LogP contribution in [0.5, 0.6) is 5.75 Å². The van der Waals surface area contributed by atoms with Crippen molar-refractivity contribution in [3.8, 4) is 5.75 Å². The summed E-state index contributed by atoms with van der Waals surface area (Å²) >= 11 is 3.60. The van der Waals surface area contributed by atoms with E-state index in [-0.39, 0.29) is 25.5 Å². The lowest BCUT2D eigenvalue weighted by Gasteiger charge is -2.33. The quantitative estimate of drug-likeness (QED) is 0.237. The van der Waals surface area contributed by atoms with Gasteiger partial charge in [0, 0.05) is 24.1 Å². The highest BCUT2D eigenvalue weighted by Crippen LogP contribution is 2.33. The van der Waals surface area contributed by atoms with E-state index < -0.39 is 23.3 Å². The van der Waals surface area contributed by atoms with Gasteiger partial charge in [0.25, 0.3) is 5.91 Å². The number of hydrogen-bond donors (Lipinski definition) is 1. The van der Waals surface area contributed by atoms with Crippen LogP contribution in [0, 0.1) is 5.82 Å². The fourth-order valence-electron chi connectivity index (χ4n) is 4.36. The van der Waals surface area contributed by atoms with Crippen molar-refractivity contribution in [3.63, 3.8) is 0 Å². The van der Waals surface area contributed by atoms with Gasteiger partial charge in [0.2, 0.25) is 5.91 Å². The van der Waals surface area contributed by atoms with Crippen molar-refractivity contribution >= 4 is 38.5 Å². The van der Waals surface area contributed by atoms with Crippen LogP contribution in [-0.4, -0.2) is 34.9 Å². The zero-order valence-corrected chi connectivity index (χ0v) is 23.9. The van der Waals surface area contributed by atoms with Crippen LogP contribution in [0.25, 0.3) is 10.8 Å². The molecular formula is C32H32BrFN2O3. The van der Waals surface area contributed by atoms with Gasteiger partial charge in [-0.3, -0.25) is 9.59 Å². The molecule has 0 radical (unpaired) electrons. The van der Waals surface area contributed by atoms with Crippen molar-refractivity contribution in [1.29, 1.82) is 0 Å². The molecule has 0 aromatic heterocycles. The van der Waals surface area contributed by atoms with Crippen LogP contribution in [-0.2, 0) is 22.6 Å². The van der Waals surface area contributed by atoms with Crippen LogP contribution in [0.3, 0.4) is 0 Å². The summed E-state index contributed by atoms with van der Waals surface area (Å²) in [6.07, 6.45) is 0.266. The summed E-state index contributed by atoms with van der Waals surface area (Å²) in [5.41, 5.74) is 0.681. The highest BCUT2D eigenvalue weighted by Gasteiger charge is 2.33. The Bertz CT molecular complexity index is 1450. The van der Waals surface area contributed by atoms with Gasteiger partial charge in [0.05, 0.1) is 4.47 Å². The van der Waals surface area contributed by atoms with E-state index in [0.29, 0.717) is 11.3 Å². The van der Waals surface area contributed by atoms with Crippen molar-refractivity contribution in [2.75, 3.05) is 6.61 Å². The molecule has 0 heterocycles. The Morgan fingerprint density at radius 3 is 2.31 bits per heavy atom. The van der Waals surface area contributed by atoms with Gasteiger partial charge in [-0.2, -0.15) is 0 Å². The molecule has 4 aromatic carbocycles. The van der Waals surface area contributed by atoms with Crippen molar-refractivity contribution < 1.29 is 18.7 Å². The highest BCUT2D eigenvalue weighted by molar-refractivity contribution is 9.10. The number of amides is 2. The van der Waals surface area contributed by atoms with E-state index in [1.165, 1.54) is 11.0 Å². The van der Waals surface area contributed by atoms with Crippen LogP contribution < -0.4 is 10.1 Å². The molecule has 0 unspecified atom stereocenters. The first-order valence-corrected chi connectivity index (χ1v) is 13.6.